The van der Waals surface area contributed by atoms with Crippen molar-refractivity contribution in [1.29, 1.82) is 0 Å². The molecule has 0 aliphatic carbocycles. The van der Waals surface area contributed by atoms with Gasteiger partial charge >= 0.3 is 0 Å². The van der Waals surface area contributed by atoms with Crippen LogP contribution in [0, 0.1) is 0 Å². The van der Waals surface area contributed by atoms with E-state index >= 15 is 0 Å². The van der Waals surface area contributed by atoms with E-state index in [-0.39, 0.29) is 11.9 Å². The fourth-order valence-corrected chi connectivity index (χ4v) is 2.54. The minimum Gasteiger partial charge on any atom is -0.355 e. The fourth-order valence-electron chi connectivity index (χ4n) is 2.42. The quantitative estimate of drug-likeness (QED) is 0.926. The van der Waals surface area contributed by atoms with Gasteiger partial charge in [-0.25, -0.2) is 0 Å². The summed E-state index contributed by atoms with van der Waals surface area (Å²) in [6.45, 7) is 4.30. The van der Waals surface area contributed by atoms with E-state index in [0.717, 1.165) is 18.7 Å². The first kappa shape index (κ1) is 14.1. The van der Waals surface area contributed by atoms with Crippen molar-refractivity contribution in [2.75, 3.05) is 19.6 Å². The number of hydrogen-bond acceptors (Lipinski definition) is 4. The van der Waals surface area contributed by atoms with E-state index < -0.39 is 0 Å². The summed E-state index contributed by atoms with van der Waals surface area (Å²) in [6, 6.07) is 9.07. The standard InChI is InChI=1S/C15H16ClN3O2/c1-10-9-17-6-7-19(10)15(20)13-8-14(21-18-13)11-2-4-12(16)5-3-11/h2-5,8,10,17H,6-7,9H2,1H3/t10-/m1/s1. The van der Waals surface area contributed by atoms with Crippen molar-refractivity contribution in [2.24, 2.45) is 0 Å². The second-order valence-corrected chi connectivity index (χ2v) is 5.57. The van der Waals surface area contributed by atoms with Gasteiger partial charge in [-0.2, -0.15) is 0 Å². The summed E-state index contributed by atoms with van der Waals surface area (Å²) in [5.74, 6) is 0.478. The Hall–Kier alpha value is -1.85. The Kier molecular flexibility index (Phi) is 3.94. The Labute approximate surface area is 127 Å². The van der Waals surface area contributed by atoms with Crippen LogP contribution in [-0.4, -0.2) is 41.6 Å². The zero-order valence-electron chi connectivity index (χ0n) is 11.7. The lowest BCUT2D eigenvalue weighted by molar-refractivity contribution is 0.0645. The van der Waals surface area contributed by atoms with Gasteiger partial charge in [0.15, 0.2) is 11.5 Å². The van der Waals surface area contributed by atoms with Crippen LogP contribution in [-0.2, 0) is 0 Å². The summed E-state index contributed by atoms with van der Waals surface area (Å²) in [5, 5.41) is 7.82. The number of benzene rings is 1. The molecule has 21 heavy (non-hydrogen) atoms. The zero-order valence-corrected chi connectivity index (χ0v) is 12.4. The zero-order chi connectivity index (χ0) is 14.8. The van der Waals surface area contributed by atoms with E-state index in [1.807, 2.05) is 24.0 Å². The first-order chi connectivity index (χ1) is 10.1. The third-order valence-electron chi connectivity index (χ3n) is 3.62. The summed E-state index contributed by atoms with van der Waals surface area (Å²) < 4.78 is 5.28. The minimum absolute atomic E-state index is 0.0898. The number of halogens is 1. The number of nitrogens with one attached hydrogen (secondary N) is 1. The molecule has 1 saturated heterocycles. The van der Waals surface area contributed by atoms with Gasteiger partial charge in [-0.1, -0.05) is 16.8 Å². The molecule has 0 spiro atoms. The van der Waals surface area contributed by atoms with Crippen molar-refractivity contribution in [3.8, 4) is 11.3 Å². The predicted octanol–water partition coefficient (Wildman–Crippen LogP) is 2.43. The molecule has 1 atom stereocenters. The van der Waals surface area contributed by atoms with Crippen LogP contribution in [0.1, 0.15) is 17.4 Å². The van der Waals surface area contributed by atoms with Crippen LogP contribution in [0.2, 0.25) is 5.02 Å². The first-order valence-corrected chi connectivity index (χ1v) is 7.27. The van der Waals surface area contributed by atoms with Crippen molar-refractivity contribution in [1.82, 2.24) is 15.4 Å². The Morgan fingerprint density at radius 3 is 2.90 bits per heavy atom. The molecule has 0 radical (unpaired) electrons. The second-order valence-electron chi connectivity index (χ2n) is 5.13. The lowest BCUT2D eigenvalue weighted by Gasteiger charge is -2.33. The topological polar surface area (TPSA) is 58.4 Å². The number of carbonyl (C=O) groups excluding carboxylic acids is 1. The Bertz CT molecular complexity index is 639. The summed E-state index contributed by atoms with van der Waals surface area (Å²) >= 11 is 5.86. The lowest BCUT2D eigenvalue weighted by Crippen LogP contribution is -2.52. The van der Waals surface area contributed by atoms with Crippen molar-refractivity contribution in [2.45, 2.75) is 13.0 Å². The molecule has 2 aromatic rings. The molecule has 0 bridgehead atoms. The molecule has 1 aromatic carbocycles. The van der Waals surface area contributed by atoms with E-state index in [1.54, 1.807) is 18.2 Å². The minimum atomic E-state index is -0.0898. The molecule has 1 amide bonds. The third kappa shape index (κ3) is 2.94. The normalized spacial score (nSPS) is 18.8. The highest BCUT2D eigenvalue weighted by Crippen LogP contribution is 2.23. The average molecular weight is 306 g/mol. The van der Waals surface area contributed by atoms with Crippen LogP contribution >= 0.6 is 11.6 Å². The molecule has 1 aliphatic rings. The summed E-state index contributed by atoms with van der Waals surface area (Å²) in [4.78, 5) is 14.3. The monoisotopic (exact) mass is 305 g/mol. The number of carbonyl (C=O) groups is 1. The Morgan fingerprint density at radius 1 is 1.43 bits per heavy atom. The van der Waals surface area contributed by atoms with Gasteiger partial charge in [0.1, 0.15) is 0 Å². The van der Waals surface area contributed by atoms with E-state index in [2.05, 4.69) is 10.5 Å². The highest BCUT2D eigenvalue weighted by atomic mass is 35.5. The molecule has 1 aliphatic heterocycles. The van der Waals surface area contributed by atoms with Gasteiger partial charge in [-0.15, -0.1) is 0 Å². The van der Waals surface area contributed by atoms with Gasteiger partial charge in [0, 0.05) is 42.3 Å². The van der Waals surface area contributed by atoms with E-state index in [1.165, 1.54) is 0 Å². The smallest absolute Gasteiger partial charge is 0.276 e. The molecule has 3 rings (SSSR count). The molecule has 2 heterocycles. The largest absolute Gasteiger partial charge is 0.355 e. The van der Waals surface area contributed by atoms with Crippen molar-refractivity contribution >= 4 is 17.5 Å². The van der Waals surface area contributed by atoms with Crippen LogP contribution < -0.4 is 5.32 Å². The van der Waals surface area contributed by atoms with Gasteiger partial charge in [-0.05, 0) is 31.2 Å². The maximum absolute atomic E-state index is 12.5. The summed E-state index contributed by atoms with van der Waals surface area (Å²) in [6.07, 6.45) is 0. The first-order valence-electron chi connectivity index (χ1n) is 6.89. The maximum atomic E-state index is 12.5. The van der Waals surface area contributed by atoms with E-state index in [0.29, 0.717) is 23.0 Å². The second kappa shape index (κ2) is 5.87. The molecule has 6 heteroatoms. The highest BCUT2D eigenvalue weighted by Gasteiger charge is 2.26. The lowest BCUT2D eigenvalue weighted by atomic mass is 10.1. The SMILES string of the molecule is C[C@@H]1CNCCN1C(=O)c1cc(-c2ccc(Cl)cc2)on1. The number of piperazine rings is 1. The van der Waals surface area contributed by atoms with Crippen LogP contribution in [0.4, 0.5) is 0 Å². The number of aromatic nitrogens is 1. The van der Waals surface area contributed by atoms with Gasteiger partial charge in [0.2, 0.25) is 0 Å². The van der Waals surface area contributed by atoms with Crippen molar-refractivity contribution in [3.05, 3.63) is 41.0 Å². The molecular formula is C15H16ClN3O2. The number of amides is 1. The van der Waals surface area contributed by atoms with Gasteiger partial charge in [-0.3, -0.25) is 4.79 Å². The number of nitrogens with zero attached hydrogens (tertiary/aromatic N) is 2. The fraction of sp³-hybridized carbons (Fsp3) is 0.333. The number of hydrogen-bond donors (Lipinski definition) is 1. The molecule has 0 saturated carbocycles. The molecular weight excluding hydrogens is 290 g/mol. The van der Waals surface area contributed by atoms with Crippen LogP contribution in [0.5, 0.6) is 0 Å². The Balaban J connectivity index is 1.81. The van der Waals surface area contributed by atoms with E-state index in [9.17, 15) is 4.79 Å². The summed E-state index contributed by atoms with van der Waals surface area (Å²) in [7, 11) is 0. The van der Waals surface area contributed by atoms with Gasteiger partial charge in [0.25, 0.3) is 5.91 Å². The Morgan fingerprint density at radius 2 is 2.19 bits per heavy atom. The van der Waals surface area contributed by atoms with Crippen molar-refractivity contribution in [3.63, 3.8) is 0 Å². The van der Waals surface area contributed by atoms with Crippen LogP contribution in [0.3, 0.4) is 0 Å². The average Bonchev–Trinajstić information content (AvgIpc) is 2.98. The molecule has 110 valence electrons. The van der Waals surface area contributed by atoms with Crippen LogP contribution in [0.25, 0.3) is 11.3 Å². The molecule has 1 N–H and O–H groups in total. The molecule has 1 fully saturated rings. The highest BCUT2D eigenvalue weighted by molar-refractivity contribution is 6.30. The third-order valence-corrected chi connectivity index (χ3v) is 3.87. The number of rotatable bonds is 2. The van der Waals surface area contributed by atoms with Crippen LogP contribution in [0.15, 0.2) is 34.9 Å². The molecule has 5 nitrogen and oxygen atoms in total. The molecule has 1 aromatic heterocycles. The predicted molar refractivity (Wildman–Crippen MR) is 80.3 cm³/mol. The van der Waals surface area contributed by atoms with E-state index in [4.69, 9.17) is 16.1 Å². The maximum Gasteiger partial charge on any atom is 0.276 e. The van der Waals surface area contributed by atoms with Crippen molar-refractivity contribution < 1.29 is 9.32 Å². The van der Waals surface area contributed by atoms with Gasteiger partial charge < -0.3 is 14.7 Å². The summed E-state index contributed by atoms with van der Waals surface area (Å²) in [5.41, 5.74) is 1.19. The van der Waals surface area contributed by atoms with Gasteiger partial charge in [0.05, 0.1) is 0 Å². The molecule has 0 unspecified atom stereocenters.